The Labute approximate surface area is 274 Å². The van der Waals surface area contributed by atoms with Crippen LogP contribution in [0.1, 0.15) is 49.0 Å². The minimum absolute atomic E-state index is 0.0182. The molecule has 0 aromatic heterocycles. The van der Waals surface area contributed by atoms with E-state index >= 15 is 0 Å². The summed E-state index contributed by atoms with van der Waals surface area (Å²) in [6.07, 6.45) is 2.82. The van der Waals surface area contributed by atoms with Crippen molar-refractivity contribution in [2.24, 2.45) is 0 Å². The number of phenolic OH excluding ortho intramolecular Hbond substituents is 1. The molecule has 0 saturated heterocycles. The molecule has 10 heteroatoms. The lowest BCUT2D eigenvalue weighted by atomic mass is 9.87. The smallest absolute Gasteiger partial charge is 0.254 e. The lowest BCUT2D eigenvalue weighted by molar-refractivity contribution is 0.0780. The van der Waals surface area contributed by atoms with Crippen LogP contribution >= 0.6 is 0 Å². The van der Waals surface area contributed by atoms with Crippen LogP contribution in [0, 0.1) is 0 Å². The topological polar surface area (TPSA) is 107 Å². The number of phenols is 1. The van der Waals surface area contributed by atoms with E-state index in [4.69, 9.17) is 23.7 Å². The van der Waals surface area contributed by atoms with Crippen molar-refractivity contribution in [1.29, 1.82) is 0 Å². The molecule has 10 nitrogen and oxygen atoms in total. The van der Waals surface area contributed by atoms with Gasteiger partial charge in [-0.05, 0) is 91.5 Å². The molecule has 4 aromatic rings. The summed E-state index contributed by atoms with van der Waals surface area (Å²) in [6, 6.07) is 18.0. The molecule has 1 atom stereocenters. The van der Waals surface area contributed by atoms with E-state index in [1.165, 1.54) is 14.2 Å². The third kappa shape index (κ3) is 6.16. The molecule has 2 aliphatic rings. The van der Waals surface area contributed by atoms with E-state index in [0.29, 0.717) is 65.0 Å². The number of amides is 1. The lowest BCUT2D eigenvalue weighted by Crippen LogP contribution is -2.34. The average Bonchev–Trinajstić information content (AvgIpc) is 3.08. The zero-order valence-corrected chi connectivity index (χ0v) is 27.2. The number of likely N-dealkylation sites (N-methyl/N-ethyl adjacent to an activating group) is 2. The first-order valence-electron chi connectivity index (χ1n) is 15.4. The predicted molar refractivity (Wildman–Crippen MR) is 176 cm³/mol. The number of carbonyl (C=O) groups is 2. The number of aromatic hydroxyl groups is 1. The van der Waals surface area contributed by atoms with E-state index in [2.05, 4.69) is 11.9 Å². The Bertz CT molecular complexity index is 1820. The third-order valence-electron chi connectivity index (χ3n) is 8.94. The first-order valence-corrected chi connectivity index (χ1v) is 15.4. The zero-order valence-electron chi connectivity index (χ0n) is 27.2. The van der Waals surface area contributed by atoms with Crippen molar-refractivity contribution >= 4 is 12.2 Å². The van der Waals surface area contributed by atoms with Gasteiger partial charge < -0.3 is 33.7 Å². The summed E-state index contributed by atoms with van der Waals surface area (Å²) in [4.78, 5) is 28.2. The fourth-order valence-electron chi connectivity index (χ4n) is 6.33. The summed E-state index contributed by atoms with van der Waals surface area (Å²) in [7, 11) is 8.45. The van der Waals surface area contributed by atoms with Crippen LogP contribution in [0.15, 0.2) is 60.7 Å². The Morgan fingerprint density at radius 3 is 2.21 bits per heavy atom. The Hall–Kier alpha value is -5.22. The lowest BCUT2D eigenvalue weighted by Gasteiger charge is -2.36. The van der Waals surface area contributed by atoms with Crippen LogP contribution in [-0.4, -0.2) is 75.6 Å². The van der Waals surface area contributed by atoms with E-state index in [9.17, 15) is 14.7 Å². The largest absolute Gasteiger partial charge is 0.504 e. The molecule has 1 unspecified atom stereocenters. The van der Waals surface area contributed by atoms with Gasteiger partial charge in [0.25, 0.3) is 5.91 Å². The van der Waals surface area contributed by atoms with Gasteiger partial charge in [-0.1, -0.05) is 12.1 Å². The Kier molecular flexibility index (Phi) is 8.95. The van der Waals surface area contributed by atoms with E-state index in [1.54, 1.807) is 49.4 Å². The number of nitrogens with zero attached hydrogens (tertiary/aromatic N) is 2. The third-order valence-corrected chi connectivity index (χ3v) is 8.94. The van der Waals surface area contributed by atoms with Crippen LogP contribution in [0.2, 0.25) is 0 Å². The van der Waals surface area contributed by atoms with E-state index < -0.39 is 0 Å². The van der Waals surface area contributed by atoms with E-state index in [1.807, 2.05) is 30.3 Å². The van der Waals surface area contributed by atoms with Crippen LogP contribution in [0.4, 0.5) is 0 Å². The molecule has 1 amide bonds. The van der Waals surface area contributed by atoms with Gasteiger partial charge in [-0.25, -0.2) is 0 Å². The predicted octanol–water partition coefficient (Wildman–Crippen LogP) is 6.21. The molecule has 0 spiro atoms. The van der Waals surface area contributed by atoms with Crippen LogP contribution in [0.5, 0.6) is 46.0 Å². The van der Waals surface area contributed by atoms with Crippen molar-refractivity contribution in [1.82, 2.24) is 9.80 Å². The number of benzene rings is 4. The second-order valence-electron chi connectivity index (χ2n) is 11.8. The first kappa shape index (κ1) is 31.7. The average molecular weight is 639 g/mol. The number of hydrogen-bond acceptors (Lipinski definition) is 9. The number of hydrogen-bond donors (Lipinski definition) is 1. The number of rotatable bonds is 10. The molecular formula is C37H38N2O8. The fourth-order valence-corrected chi connectivity index (χ4v) is 6.33. The summed E-state index contributed by atoms with van der Waals surface area (Å²) in [5.41, 5.74) is 4.89. The van der Waals surface area contributed by atoms with Gasteiger partial charge in [-0.3, -0.25) is 14.5 Å². The SMILES string of the molecule is COc1cc(C=O)ccc1Oc1ccc(CC2c3c(cc(O)c(OC)c3Oc3cc4c(cc3OC)CCN(C)C4=O)CCN2C)cc1. The molecule has 0 bridgehead atoms. The molecule has 1 N–H and O–H groups in total. The normalized spacial score (nSPS) is 15.8. The van der Waals surface area contributed by atoms with Crippen LogP contribution < -0.4 is 23.7 Å². The molecule has 4 aromatic carbocycles. The zero-order chi connectivity index (χ0) is 33.2. The highest BCUT2D eigenvalue weighted by atomic mass is 16.5. The minimum Gasteiger partial charge on any atom is -0.504 e. The Morgan fingerprint density at radius 2 is 1.51 bits per heavy atom. The maximum atomic E-state index is 13.0. The summed E-state index contributed by atoms with van der Waals surface area (Å²) in [6.45, 7) is 1.41. The summed E-state index contributed by atoms with van der Waals surface area (Å²) < 4.78 is 29.5. The first-order chi connectivity index (χ1) is 22.7. The molecule has 244 valence electrons. The maximum Gasteiger partial charge on any atom is 0.254 e. The molecule has 0 saturated carbocycles. The maximum absolute atomic E-state index is 13.0. The summed E-state index contributed by atoms with van der Waals surface area (Å²) in [5.74, 6) is 2.96. The van der Waals surface area contributed by atoms with Gasteiger partial charge in [-0.2, -0.15) is 0 Å². The molecule has 2 aliphatic heterocycles. The molecule has 0 fully saturated rings. The van der Waals surface area contributed by atoms with Crippen molar-refractivity contribution in [3.63, 3.8) is 0 Å². The highest BCUT2D eigenvalue weighted by Crippen LogP contribution is 2.51. The second-order valence-corrected chi connectivity index (χ2v) is 11.8. The van der Waals surface area contributed by atoms with Crippen molar-refractivity contribution in [3.05, 3.63) is 94.0 Å². The van der Waals surface area contributed by atoms with Crippen molar-refractivity contribution in [3.8, 4) is 46.0 Å². The number of ether oxygens (including phenoxy) is 5. The highest BCUT2D eigenvalue weighted by Gasteiger charge is 2.34. The van der Waals surface area contributed by atoms with Crippen molar-refractivity contribution < 1.29 is 38.4 Å². The van der Waals surface area contributed by atoms with Crippen LogP contribution in [0.25, 0.3) is 0 Å². The highest BCUT2D eigenvalue weighted by molar-refractivity contribution is 5.97. The molecule has 0 aliphatic carbocycles. The monoisotopic (exact) mass is 638 g/mol. The number of fused-ring (bicyclic) bond motifs is 2. The quantitative estimate of drug-likeness (QED) is 0.203. The van der Waals surface area contributed by atoms with Gasteiger partial charge in [0.1, 0.15) is 12.0 Å². The molecule has 2 heterocycles. The standard InChI is InChI=1S/C37H38N2O8/c1-38-14-13-25-18-29(41)35(45-5)36(47-33-20-27-24(19-32(33)44-4)12-15-39(2)37(27)42)34(25)28(38)16-22-6-9-26(10-7-22)46-30-11-8-23(21-40)17-31(30)43-3/h6-11,17-21,28,41H,12-16H2,1-5H3. The van der Waals surface area contributed by atoms with Gasteiger partial charge in [-0.15, -0.1) is 0 Å². The molecule has 0 radical (unpaired) electrons. The van der Waals surface area contributed by atoms with E-state index in [0.717, 1.165) is 41.5 Å². The fraction of sp³-hybridized carbons (Fsp3) is 0.297. The number of carbonyl (C=O) groups excluding carboxylic acids is 2. The minimum atomic E-state index is -0.123. The van der Waals surface area contributed by atoms with Crippen LogP contribution in [0.3, 0.4) is 0 Å². The summed E-state index contributed by atoms with van der Waals surface area (Å²) in [5, 5.41) is 11.0. The van der Waals surface area contributed by atoms with Gasteiger partial charge in [0.15, 0.2) is 34.5 Å². The Morgan fingerprint density at radius 1 is 0.787 bits per heavy atom. The van der Waals surface area contributed by atoms with Gasteiger partial charge in [0.05, 0.1) is 21.3 Å². The van der Waals surface area contributed by atoms with Crippen LogP contribution in [-0.2, 0) is 19.3 Å². The number of methoxy groups -OCH3 is 3. The second kappa shape index (κ2) is 13.3. The van der Waals surface area contributed by atoms with Crippen molar-refractivity contribution in [2.75, 3.05) is 48.5 Å². The van der Waals surface area contributed by atoms with E-state index in [-0.39, 0.29) is 23.4 Å². The van der Waals surface area contributed by atoms with Gasteiger partial charge >= 0.3 is 0 Å². The Balaban J connectivity index is 1.34. The molecule has 6 rings (SSSR count). The number of aldehydes is 1. The van der Waals surface area contributed by atoms with Gasteiger partial charge in [0.2, 0.25) is 5.75 Å². The summed E-state index contributed by atoms with van der Waals surface area (Å²) >= 11 is 0. The molecular weight excluding hydrogens is 600 g/mol. The van der Waals surface area contributed by atoms with Gasteiger partial charge in [0, 0.05) is 42.9 Å². The molecule has 47 heavy (non-hydrogen) atoms. The van der Waals surface area contributed by atoms with Crippen molar-refractivity contribution in [2.45, 2.75) is 25.3 Å².